The molecule has 116 valence electrons. The molecule has 1 heterocycles. The molecule has 3 rings (SSSR count). The van der Waals surface area contributed by atoms with Gasteiger partial charge in [-0.1, -0.05) is 19.3 Å². The minimum Gasteiger partial charge on any atom is -0.390 e. The van der Waals surface area contributed by atoms with Gasteiger partial charge in [-0.15, -0.1) is 0 Å². The zero-order chi connectivity index (χ0) is 14.4. The van der Waals surface area contributed by atoms with E-state index in [1.54, 1.807) is 0 Å². The maximum Gasteiger partial charge on any atom is 0.0722 e. The molecule has 3 aliphatic rings. The Morgan fingerprint density at radius 1 is 1.10 bits per heavy atom. The van der Waals surface area contributed by atoms with Crippen molar-refractivity contribution in [2.45, 2.75) is 63.6 Å². The van der Waals surface area contributed by atoms with E-state index in [4.69, 9.17) is 4.74 Å². The summed E-state index contributed by atoms with van der Waals surface area (Å²) in [4.78, 5) is 2.61. The van der Waals surface area contributed by atoms with Crippen molar-refractivity contribution in [2.75, 3.05) is 26.7 Å². The van der Waals surface area contributed by atoms with E-state index in [9.17, 15) is 5.11 Å². The number of fused-ring (bicyclic) bond motifs is 1. The van der Waals surface area contributed by atoms with Gasteiger partial charge < -0.3 is 14.7 Å². The normalized spacial score (nSPS) is 46.8. The summed E-state index contributed by atoms with van der Waals surface area (Å²) in [5, 5.41) is 10.7. The van der Waals surface area contributed by atoms with Gasteiger partial charge in [-0.05, 0) is 32.6 Å². The highest BCUT2D eigenvalue weighted by molar-refractivity contribution is 5.11. The number of likely N-dealkylation sites (tertiary alicyclic amines) is 1. The predicted octanol–water partition coefficient (Wildman–Crippen LogP) is 2.67. The van der Waals surface area contributed by atoms with Crippen LogP contribution >= 0.6 is 0 Å². The van der Waals surface area contributed by atoms with E-state index in [0.29, 0.717) is 11.8 Å². The van der Waals surface area contributed by atoms with Crippen LogP contribution in [0.1, 0.15) is 52.4 Å². The average Bonchev–Trinajstić information content (AvgIpc) is 2.91. The van der Waals surface area contributed by atoms with E-state index < -0.39 is 5.60 Å². The van der Waals surface area contributed by atoms with Gasteiger partial charge in [0.05, 0.1) is 11.2 Å². The average molecular weight is 281 g/mol. The number of ether oxygens (including phenoxy) is 1. The van der Waals surface area contributed by atoms with E-state index in [2.05, 4.69) is 11.8 Å². The highest BCUT2D eigenvalue weighted by Crippen LogP contribution is 2.52. The maximum absolute atomic E-state index is 10.7. The Labute approximate surface area is 123 Å². The van der Waals surface area contributed by atoms with Crippen molar-refractivity contribution in [2.24, 2.45) is 17.8 Å². The molecule has 3 heteroatoms. The molecule has 1 N–H and O–H groups in total. The Morgan fingerprint density at radius 3 is 2.40 bits per heavy atom. The van der Waals surface area contributed by atoms with Gasteiger partial charge in [0.25, 0.3) is 0 Å². The molecule has 4 atom stereocenters. The molecular weight excluding hydrogens is 250 g/mol. The first kappa shape index (κ1) is 14.8. The molecular formula is C17H31NO2. The molecule has 20 heavy (non-hydrogen) atoms. The lowest BCUT2D eigenvalue weighted by Crippen LogP contribution is -2.39. The third kappa shape index (κ3) is 2.53. The van der Waals surface area contributed by atoms with Crippen LogP contribution in [0.25, 0.3) is 0 Å². The van der Waals surface area contributed by atoms with Crippen LogP contribution in [0.3, 0.4) is 0 Å². The van der Waals surface area contributed by atoms with Gasteiger partial charge in [-0.25, -0.2) is 0 Å². The summed E-state index contributed by atoms with van der Waals surface area (Å²) < 4.78 is 5.80. The molecule has 0 amide bonds. The van der Waals surface area contributed by atoms with E-state index in [0.717, 1.165) is 25.4 Å². The van der Waals surface area contributed by atoms with Crippen LogP contribution in [0.5, 0.6) is 0 Å². The summed E-state index contributed by atoms with van der Waals surface area (Å²) in [5.41, 5.74) is -0.702. The Kier molecular flexibility index (Phi) is 3.89. The standard InChI is InChI=1S/C17H31NO2/c1-16(19)12-17(2,20-3)15-11-18(10-14(15)16)9-13-7-5-4-6-8-13/h13-15,19H,4-12H2,1-3H3. The number of hydrogen-bond acceptors (Lipinski definition) is 3. The first-order chi connectivity index (χ1) is 9.44. The van der Waals surface area contributed by atoms with Crippen LogP contribution in [-0.4, -0.2) is 48.0 Å². The minimum atomic E-state index is -0.559. The van der Waals surface area contributed by atoms with Crippen molar-refractivity contribution in [1.29, 1.82) is 0 Å². The minimum absolute atomic E-state index is 0.143. The first-order valence-corrected chi connectivity index (χ1v) is 8.44. The van der Waals surface area contributed by atoms with Crippen molar-refractivity contribution >= 4 is 0 Å². The number of aliphatic hydroxyl groups is 1. The molecule has 0 aromatic heterocycles. The smallest absolute Gasteiger partial charge is 0.0722 e. The van der Waals surface area contributed by atoms with E-state index in [-0.39, 0.29) is 5.60 Å². The Balaban J connectivity index is 1.65. The number of rotatable bonds is 3. The summed E-state index contributed by atoms with van der Waals surface area (Å²) in [6, 6.07) is 0. The molecule has 2 saturated carbocycles. The number of nitrogens with zero attached hydrogens (tertiary/aromatic N) is 1. The van der Waals surface area contributed by atoms with E-state index in [1.807, 2.05) is 14.0 Å². The predicted molar refractivity (Wildman–Crippen MR) is 80.6 cm³/mol. The Bertz CT molecular complexity index is 351. The second-order valence-electron chi connectivity index (χ2n) is 7.99. The van der Waals surface area contributed by atoms with Crippen molar-refractivity contribution in [3.63, 3.8) is 0 Å². The molecule has 0 radical (unpaired) electrons. The topological polar surface area (TPSA) is 32.7 Å². The SMILES string of the molecule is COC1(C)CC(C)(O)C2CN(CC3CCCCC3)CC21. The second kappa shape index (κ2) is 5.26. The summed E-state index contributed by atoms with van der Waals surface area (Å²) >= 11 is 0. The van der Waals surface area contributed by atoms with Crippen molar-refractivity contribution in [1.82, 2.24) is 4.90 Å². The van der Waals surface area contributed by atoms with E-state index >= 15 is 0 Å². The van der Waals surface area contributed by atoms with Crippen molar-refractivity contribution in [3.8, 4) is 0 Å². The fraction of sp³-hybridized carbons (Fsp3) is 1.00. The molecule has 2 aliphatic carbocycles. The van der Waals surface area contributed by atoms with Crippen molar-refractivity contribution in [3.05, 3.63) is 0 Å². The van der Waals surface area contributed by atoms with Gasteiger partial charge in [0.15, 0.2) is 0 Å². The monoisotopic (exact) mass is 281 g/mol. The molecule has 1 aliphatic heterocycles. The largest absolute Gasteiger partial charge is 0.390 e. The molecule has 0 spiro atoms. The third-order valence-electron chi connectivity index (χ3n) is 6.40. The molecule has 4 unspecified atom stereocenters. The van der Waals surface area contributed by atoms with E-state index in [1.165, 1.54) is 38.6 Å². The Hall–Kier alpha value is -0.120. The van der Waals surface area contributed by atoms with Crippen molar-refractivity contribution < 1.29 is 9.84 Å². The van der Waals surface area contributed by atoms with Crippen LogP contribution in [0.4, 0.5) is 0 Å². The van der Waals surface area contributed by atoms with Crippen LogP contribution in [-0.2, 0) is 4.74 Å². The molecule has 3 nitrogen and oxygen atoms in total. The van der Waals surface area contributed by atoms with Crippen LogP contribution in [0, 0.1) is 17.8 Å². The van der Waals surface area contributed by atoms with Crippen LogP contribution in [0.15, 0.2) is 0 Å². The highest BCUT2D eigenvalue weighted by Gasteiger charge is 2.59. The lowest BCUT2D eigenvalue weighted by atomic mass is 9.88. The zero-order valence-electron chi connectivity index (χ0n) is 13.4. The summed E-state index contributed by atoms with van der Waals surface area (Å²) in [6.07, 6.45) is 7.85. The molecule has 1 saturated heterocycles. The molecule has 0 aromatic carbocycles. The molecule has 3 fully saturated rings. The van der Waals surface area contributed by atoms with Gasteiger partial charge >= 0.3 is 0 Å². The zero-order valence-corrected chi connectivity index (χ0v) is 13.4. The van der Waals surface area contributed by atoms with Gasteiger partial charge in [-0.3, -0.25) is 0 Å². The summed E-state index contributed by atoms with van der Waals surface area (Å²) in [6.45, 7) is 7.62. The maximum atomic E-state index is 10.7. The lowest BCUT2D eigenvalue weighted by Gasteiger charge is -2.32. The van der Waals surface area contributed by atoms with Gasteiger partial charge in [0, 0.05) is 45.0 Å². The highest BCUT2D eigenvalue weighted by atomic mass is 16.5. The fourth-order valence-corrected chi connectivity index (χ4v) is 5.21. The third-order valence-corrected chi connectivity index (χ3v) is 6.40. The Morgan fingerprint density at radius 2 is 1.75 bits per heavy atom. The number of methoxy groups -OCH3 is 1. The molecule has 0 bridgehead atoms. The van der Waals surface area contributed by atoms with Gasteiger partial charge in [-0.2, -0.15) is 0 Å². The van der Waals surface area contributed by atoms with Crippen LogP contribution < -0.4 is 0 Å². The molecule has 0 aromatic rings. The summed E-state index contributed by atoms with van der Waals surface area (Å²) in [7, 11) is 1.81. The van der Waals surface area contributed by atoms with Gasteiger partial charge in [0.1, 0.15) is 0 Å². The van der Waals surface area contributed by atoms with Crippen LogP contribution in [0.2, 0.25) is 0 Å². The lowest BCUT2D eigenvalue weighted by molar-refractivity contribution is -0.0452. The first-order valence-electron chi connectivity index (χ1n) is 8.44. The quantitative estimate of drug-likeness (QED) is 0.863. The fourth-order valence-electron chi connectivity index (χ4n) is 5.21. The number of hydrogen-bond donors (Lipinski definition) is 1. The van der Waals surface area contributed by atoms with Gasteiger partial charge in [0.2, 0.25) is 0 Å². The second-order valence-corrected chi connectivity index (χ2v) is 7.99. The summed E-state index contributed by atoms with van der Waals surface area (Å²) in [5.74, 6) is 1.77.